The van der Waals surface area contributed by atoms with Crippen molar-refractivity contribution in [2.45, 2.75) is 6.42 Å². The Morgan fingerprint density at radius 1 is 1.56 bits per heavy atom. The Hall–Kier alpha value is -1.55. The number of benzene rings is 1. The molecule has 0 saturated carbocycles. The largest absolute Gasteiger partial charge is 0.491 e. The molecule has 0 saturated heterocycles. The summed E-state index contributed by atoms with van der Waals surface area (Å²) in [7, 11) is 1.56. The van der Waals surface area contributed by atoms with Gasteiger partial charge in [0, 0.05) is 12.6 Å². The van der Waals surface area contributed by atoms with Crippen LogP contribution in [0.3, 0.4) is 0 Å². The quantitative estimate of drug-likeness (QED) is 0.798. The minimum atomic E-state index is -0.0966. The monoisotopic (exact) mass is 241 g/mol. The van der Waals surface area contributed by atoms with E-state index >= 15 is 0 Å². The number of carbonyl (C=O) groups is 2. The fraction of sp³-hybridized carbons (Fsp3) is 0.273. The van der Waals surface area contributed by atoms with Gasteiger partial charge in [0.05, 0.1) is 18.1 Å². The Kier molecular flexibility index (Phi) is 4.79. The molecule has 0 spiro atoms. The molecule has 1 amide bonds. The lowest BCUT2D eigenvalue weighted by Crippen LogP contribution is -2.20. The highest BCUT2D eigenvalue weighted by atomic mass is 35.5. The first-order valence-electron chi connectivity index (χ1n) is 4.75. The van der Waals surface area contributed by atoms with E-state index in [4.69, 9.17) is 16.3 Å². The Labute approximate surface area is 98.5 Å². The second-order valence-electron chi connectivity index (χ2n) is 3.08. The van der Waals surface area contributed by atoms with Crippen LogP contribution in [0.5, 0.6) is 5.75 Å². The molecule has 4 nitrogen and oxygen atoms in total. The maximum Gasteiger partial charge on any atom is 0.223 e. The third kappa shape index (κ3) is 3.55. The van der Waals surface area contributed by atoms with Crippen LogP contribution in [-0.4, -0.2) is 25.8 Å². The molecule has 1 rings (SSSR count). The van der Waals surface area contributed by atoms with Gasteiger partial charge >= 0.3 is 0 Å². The van der Waals surface area contributed by atoms with E-state index in [1.807, 2.05) is 0 Å². The van der Waals surface area contributed by atoms with E-state index in [2.05, 4.69) is 5.32 Å². The first-order chi connectivity index (χ1) is 7.67. The van der Waals surface area contributed by atoms with E-state index in [0.717, 1.165) is 0 Å². The Morgan fingerprint density at radius 3 is 2.88 bits per heavy atom. The average molecular weight is 242 g/mol. The predicted octanol–water partition coefficient (Wildman–Crippen LogP) is 1.67. The summed E-state index contributed by atoms with van der Waals surface area (Å²) in [5.41, 5.74) is 0.489. The van der Waals surface area contributed by atoms with Crippen LogP contribution in [0.4, 0.5) is 0 Å². The van der Waals surface area contributed by atoms with Crippen LogP contribution < -0.4 is 10.1 Å². The lowest BCUT2D eigenvalue weighted by Gasteiger charge is -2.07. The average Bonchev–Trinajstić information content (AvgIpc) is 2.30. The van der Waals surface area contributed by atoms with Gasteiger partial charge in [-0.15, -0.1) is 0 Å². The molecule has 0 aliphatic heterocycles. The third-order valence-corrected chi connectivity index (χ3v) is 2.25. The van der Waals surface area contributed by atoms with Gasteiger partial charge in [-0.25, -0.2) is 0 Å². The van der Waals surface area contributed by atoms with Crippen LogP contribution in [0.1, 0.15) is 16.8 Å². The number of rotatable bonds is 5. The number of amides is 1. The van der Waals surface area contributed by atoms with Crippen LogP contribution in [0, 0.1) is 0 Å². The van der Waals surface area contributed by atoms with Crippen molar-refractivity contribution in [3.8, 4) is 5.75 Å². The molecule has 0 unspecified atom stereocenters. The van der Waals surface area contributed by atoms with E-state index in [-0.39, 0.29) is 18.9 Å². The maximum absolute atomic E-state index is 10.9. The Morgan fingerprint density at radius 2 is 2.31 bits per heavy atom. The zero-order chi connectivity index (χ0) is 12.0. The van der Waals surface area contributed by atoms with Crippen molar-refractivity contribution in [1.29, 1.82) is 0 Å². The summed E-state index contributed by atoms with van der Waals surface area (Å²) in [6.45, 7) is 0.250. The fourth-order valence-electron chi connectivity index (χ4n) is 1.09. The van der Waals surface area contributed by atoms with Gasteiger partial charge in [-0.3, -0.25) is 9.59 Å². The van der Waals surface area contributed by atoms with Gasteiger partial charge in [0.15, 0.2) is 0 Å². The maximum atomic E-state index is 10.9. The van der Waals surface area contributed by atoms with Gasteiger partial charge in [0.25, 0.3) is 0 Å². The normalized spacial score (nSPS) is 9.62. The Balaban J connectivity index is 2.54. The summed E-state index contributed by atoms with van der Waals surface area (Å²) >= 11 is 5.87. The van der Waals surface area contributed by atoms with Crippen molar-refractivity contribution in [2.75, 3.05) is 13.7 Å². The van der Waals surface area contributed by atoms with Crippen molar-refractivity contribution in [3.63, 3.8) is 0 Å². The van der Waals surface area contributed by atoms with Crippen molar-refractivity contribution in [1.82, 2.24) is 5.32 Å². The molecular weight excluding hydrogens is 230 g/mol. The molecule has 0 aliphatic rings. The number of aldehydes is 1. The second kappa shape index (κ2) is 6.12. The highest BCUT2D eigenvalue weighted by Crippen LogP contribution is 2.24. The number of carbonyl (C=O) groups excluding carboxylic acids is 2. The number of hydrogen-bond donors (Lipinski definition) is 1. The van der Waals surface area contributed by atoms with Gasteiger partial charge in [-0.05, 0) is 18.2 Å². The van der Waals surface area contributed by atoms with Gasteiger partial charge in [-0.1, -0.05) is 11.6 Å². The number of ether oxygens (including phenoxy) is 1. The number of halogens is 1. The van der Waals surface area contributed by atoms with Gasteiger partial charge in [0.2, 0.25) is 5.91 Å². The molecule has 0 aliphatic carbocycles. The van der Waals surface area contributed by atoms with Crippen molar-refractivity contribution >= 4 is 23.8 Å². The van der Waals surface area contributed by atoms with E-state index in [9.17, 15) is 9.59 Å². The standard InChI is InChI=1S/C11H12ClNO3/c1-13-11(15)4-5-16-10-3-2-8(7-14)6-9(10)12/h2-3,6-7H,4-5H2,1H3,(H,13,15). The first kappa shape index (κ1) is 12.5. The Bertz CT molecular complexity index is 393. The zero-order valence-corrected chi connectivity index (χ0v) is 9.58. The topological polar surface area (TPSA) is 55.4 Å². The van der Waals surface area contributed by atoms with Crippen LogP contribution in [0.25, 0.3) is 0 Å². The van der Waals surface area contributed by atoms with E-state index in [1.54, 1.807) is 19.2 Å². The molecule has 16 heavy (non-hydrogen) atoms. The summed E-state index contributed by atoms with van der Waals surface area (Å²) in [6, 6.07) is 4.73. The van der Waals surface area contributed by atoms with Gasteiger partial charge in [0.1, 0.15) is 12.0 Å². The minimum absolute atomic E-state index is 0.0966. The molecule has 1 N–H and O–H groups in total. The summed E-state index contributed by atoms with van der Waals surface area (Å²) in [5.74, 6) is 0.372. The smallest absolute Gasteiger partial charge is 0.223 e. The summed E-state index contributed by atoms with van der Waals surface area (Å²) < 4.78 is 5.30. The lowest BCUT2D eigenvalue weighted by molar-refractivity contribution is -0.121. The molecule has 86 valence electrons. The van der Waals surface area contributed by atoms with Crippen LogP contribution >= 0.6 is 11.6 Å². The van der Waals surface area contributed by atoms with Gasteiger partial charge in [-0.2, -0.15) is 0 Å². The summed E-state index contributed by atoms with van der Waals surface area (Å²) in [5, 5.41) is 2.85. The third-order valence-electron chi connectivity index (χ3n) is 1.96. The highest BCUT2D eigenvalue weighted by molar-refractivity contribution is 6.32. The highest BCUT2D eigenvalue weighted by Gasteiger charge is 2.04. The molecule has 0 radical (unpaired) electrons. The molecule has 1 aromatic rings. The van der Waals surface area contributed by atoms with E-state index in [1.165, 1.54) is 6.07 Å². The van der Waals surface area contributed by atoms with E-state index < -0.39 is 0 Å². The van der Waals surface area contributed by atoms with Crippen molar-refractivity contribution in [3.05, 3.63) is 28.8 Å². The minimum Gasteiger partial charge on any atom is -0.491 e. The SMILES string of the molecule is CNC(=O)CCOc1ccc(C=O)cc1Cl. The van der Waals surface area contributed by atoms with Crippen molar-refractivity contribution < 1.29 is 14.3 Å². The van der Waals surface area contributed by atoms with Crippen LogP contribution in [-0.2, 0) is 4.79 Å². The lowest BCUT2D eigenvalue weighted by atomic mass is 10.2. The molecule has 0 heterocycles. The predicted molar refractivity (Wildman–Crippen MR) is 61.0 cm³/mol. The molecule has 0 atom stereocenters. The molecule has 0 aromatic heterocycles. The zero-order valence-electron chi connectivity index (χ0n) is 8.83. The molecule has 5 heteroatoms. The number of nitrogens with one attached hydrogen (secondary N) is 1. The fourth-order valence-corrected chi connectivity index (χ4v) is 1.33. The second-order valence-corrected chi connectivity index (χ2v) is 3.49. The number of hydrogen-bond acceptors (Lipinski definition) is 3. The van der Waals surface area contributed by atoms with Crippen LogP contribution in [0.15, 0.2) is 18.2 Å². The molecule has 1 aromatic carbocycles. The molecule has 0 bridgehead atoms. The summed E-state index contributed by atoms with van der Waals surface area (Å²) in [4.78, 5) is 21.4. The summed E-state index contributed by atoms with van der Waals surface area (Å²) in [6.07, 6.45) is 0.975. The van der Waals surface area contributed by atoms with Crippen LogP contribution in [0.2, 0.25) is 5.02 Å². The van der Waals surface area contributed by atoms with E-state index in [0.29, 0.717) is 22.6 Å². The molecular formula is C11H12ClNO3. The van der Waals surface area contributed by atoms with Gasteiger partial charge < -0.3 is 10.1 Å². The first-order valence-corrected chi connectivity index (χ1v) is 5.13. The molecule has 0 fully saturated rings. The van der Waals surface area contributed by atoms with Crippen molar-refractivity contribution in [2.24, 2.45) is 0 Å².